The number of nitrogens with one attached hydrogen (secondary N) is 1. The summed E-state index contributed by atoms with van der Waals surface area (Å²) in [7, 11) is 2.82. The van der Waals surface area contributed by atoms with Gasteiger partial charge in [0.1, 0.15) is 11.3 Å². The summed E-state index contributed by atoms with van der Waals surface area (Å²) in [5.74, 6) is -0.0481. The molecule has 0 heterocycles. The number of rotatable bonds is 8. The van der Waals surface area contributed by atoms with Gasteiger partial charge in [-0.05, 0) is 41.7 Å². The second kappa shape index (κ2) is 9.61. The second-order valence-electron chi connectivity index (χ2n) is 5.97. The fourth-order valence-electron chi connectivity index (χ4n) is 2.62. The first-order chi connectivity index (χ1) is 12.6. The summed E-state index contributed by atoms with van der Waals surface area (Å²) in [5.41, 5.74) is 3.60. The third-order valence-electron chi connectivity index (χ3n) is 4.23. The molecular formula is C21H25NO4. The lowest BCUT2D eigenvalue weighted by atomic mass is 10.1. The molecule has 0 aromatic heterocycles. The highest BCUT2D eigenvalue weighted by molar-refractivity contribution is 5.92. The third kappa shape index (κ3) is 5.34. The number of esters is 1. The molecule has 5 heteroatoms. The van der Waals surface area contributed by atoms with Gasteiger partial charge >= 0.3 is 5.97 Å². The van der Waals surface area contributed by atoms with Crippen molar-refractivity contribution in [2.75, 3.05) is 14.2 Å². The first-order valence-electron chi connectivity index (χ1n) is 8.67. The van der Waals surface area contributed by atoms with Gasteiger partial charge in [0.05, 0.1) is 14.2 Å². The first-order valence-corrected chi connectivity index (χ1v) is 8.67. The van der Waals surface area contributed by atoms with Gasteiger partial charge in [0.2, 0.25) is 5.91 Å². The number of aryl methyl sites for hydroxylation is 2. The van der Waals surface area contributed by atoms with E-state index >= 15 is 0 Å². The number of carbonyl (C=O) groups is 2. The van der Waals surface area contributed by atoms with E-state index in [9.17, 15) is 9.59 Å². The van der Waals surface area contributed by atoms with Crippen molar-refractivity contribution >= 4 is 11.9 Å². The fourth-order valence-corrected chi connectivity index (χ4v) is 2.62. The first kappa shape index (κ1) is 19.5. The van der Waals surface area contributed by atoms with Gasteiger partial charge in [0.15, 0.2) is 0 Å². The van der Waals surface area contributed by atoms with E-state index in [4.69, 9.17) is 9.47 Å². The molecule has 0 aliphatic rings. The monoisotopic (exact) mass is 355 g/mol. The minimum absolute atomic E-state index is 0.0278. The largest absolute Gasteiger partial charge is 0.496 e. The smallest absolute Gasteiger partial charge is 0.341 e. The van der Waals surface area contributed by atoms with Crippen molar-refractivity contribution in [2.45, 2.75) is 32.7 Å². The Morgan fingerprint density at radius 3 is 2.23 bits per heavy atom. The van der Waals surface area contributed by atoms with Crippen LogP contribution in [0.25, 0.3) is 0 Å². The molecule has 5 nitrogen and oxygen atoms in total. The van der Waals surface area contributed by atoms with Crippen molar-refractivity contribution in [2.24, 2.45) is 0 Å². The van der Waals surface area contributed by atoms with Crippen LogP contribution < -0.4 is 10.1 Å². The van der Waals surface area contributed by atoms with E-state index in [0.717, 1.165) is 17.5 Å². The lowest BCUT2D eigenvalue weighted by molar-refractivity contribution is -0.121. The number of hydrogen-bond donors (Lipinski definition) is 1. The lowest BCUT2D eigenvalue weighted by Crippen LogP contribution is -2.23. The van der Waals surface area contributed by atoms with E-state index in [-0.39, 0.29) is 5.91 Å². The SMILES string of the molecule is CCc1ccc(CCC(=O)NCc2ccc(OC)c(C(=O)OC)c2)cc1. The summed E-state index contributed by atoms with van der Waals surface area (Å²) in [4.78, 5) is 23.9. The van der Waals surface area contributed by atoms with Gasteiger partial charge in [0.25, 0.3) is 0 Å². The van der Waals surface area contributed by atoms with Crippen LogP contribution in [-0.4, -0.2) is 26.1 Å². The summed E-state index contributed by atoms with van der Waals surface area (Å²) >= 11 is 0. The maximum Gasteiger partial charge on any atom is 0.341 e. The summed E-state index contributed by atoms with van der Waals surface area (Å²) < 4.78 is 9.92. The Kier molecular flexibility index (Phi) is 7.21. The van der Waals surface area contributed by atoms with Gasteiger partial charge in [0, 0.05) is 13.0 Å². The van der Waals surface area contributed by atoms with Crippen LogP contribution in [0.4, 0.5) is 0 Å². The van der Waals surface area contributed by atoms with Crippen molar-refractivity contribution in [3.63, 3.8) is 0 Å². The zero-order chi connectivity index (χ0) is 18.9. The molecule has 26 heavy (non-hydrogen) atoms. The normalized spacial score (nSPS) is 10.3. The van der Waals surface area contributed by atoms with Crippen LogP contribution in [0, 0.1) is 0 Å². The van der Waals surface area contributed by atoms with Crippen LogP contribution in [0.1, 0.15) is 40.4 Å². The molecule has 2 aromatic carbocycles. The predicted molar refractivity (Wildman–Crippen MR) is 100 cm³/mol. The molecule has 0 saturated carbocycles. The molecule has 0 radical (unpaired) electrons. The number of methoxy groups -OCH3 is 2. The van der Waals surface area contributed by atoms with Crippen molar-refractivity contribution in [3.8, 4) is 5.75 Å². The molecule has 2 aromatic rings. The van der Waals surface area contributed by atoms with E-state index in [2.05, 4.69) is 36.5 Å². The minimum atomic E-state index is -0.467. The van der Waals surface area contributed by atoms with E-state index in [0.29, 0.717) is 30.7 Å². The fraction of sp³-hybridized carbons (Fsp3) is 0.333. The molecule has 0 bridgehead atoms. The van der Waals surface area contributed by atoms with Crippen LogP contribution in [-0.2, 0) is 28.9 Å². The maximum absolute atomic E-state index is 12.1. The van der Waals surface area contributed by atoms with Crippen molar-refractivity contribution < 1.29 is 19.1 Å². The molecule has 0 spiro atoms. The molecule has 0 atom stereocenters. The summed E-state index contributed by atoms with van der Waals surface area (Å²) in [5, 5.41) is 2.88. The Morgan fingerprint density at radius 2 is 1.62 bits per heavy atom. The number of benzene rings is 2. The molecule has 1 amide bonds. The van der Waals surface area contributed by atoms with E-state index in [1.165, 1.54) is 19.8 Å². The van der Waals surface area contributed by atoms with Gasteiger partial charge in [-0.2, -0.15) is 0 Å². The summed E-state index contributed by atoms with van der Waals surface area (Å²) in [6.07, 6.45) is 2.13. The zero-order valence-corrected chi connectivity index (χ0v) is 15.5. The van der Waals surface area contributed by atoms with Gasteiger partial charge in [-0.15, -0.1) is 0 Å². The molecule has 0 unspecified atom stereocenters. The highest BCUT2D eigenvalue weighted by Crippen LogP contribution is 2.20. The minimum Gasteiger partial charge on any atom is -0.496 e. The Hall–Kier alpha value is -2.82. The molecule has 2 rings (SSSR count). The molecule has 0 fully saturated rings. The summed E-state index contributed by atoms with van der Waals surface area (Å²) in [6.45, 7) is 2.47. The number of ether oxygens (including phenoxy) is 2. The van der Waals surface area contributed by atoms with Gasteiger partial charge in [-0.3, -0.25) is 4.79 Å². The Balaban J connectivity index is 1.89. The van der Waals surface area contributed by atoms with E-state index < -0.39 is 5.97 Å². The van der Waals surface area contributed by atoms with Crippen LogP contribution in [0.2, 0.25) is 0 Å². The topological polar surface area (TPSA) is 64.6 Å². The van der Waals surface area contributed by atoms with Gasteiger partial charge in [-0.1, -0.05) is 37.3 Å². The van der Waals surface area contributed by atoms with E-state index in [1.54, 1.807) is 12.1 Å². The van der Waals surface area contributed by atoms with Crippen LogP contribution in [0.3, 0.4) is 0 Å². The van der Waals surface area contributed by atoms with Crippen LogP contribution in [0.15, 0.2) is 42.5 Å². The zero-order valence-electron chi connectivity index (χ0n) is 15.5. The lowest BCUT2D eigenvalue weighted by Gasteiger charge is -2.10. The number of hydrogen-bond acceptors (Lipinski definition) is 4. The summed E-state index contributed by atoms with van der Waals surface area (Å²) in [6, 6.07) is 13.5. The van der Waals surface area contributed by atoms with Crippen molar-refractivity contribution in [1.29, 1.82) is 0 Å². The molecule has 0 aliphatic carbocycles. The average Bonchev–Trinajstić information content (AvgIpc) is 2.70. The third-order valence-corrected chi connectivity index (χ3v) is 4.23. The number of amides is 1. The maximum atomic E-state index is 12.1. The highest BCUT2D eigenvalue weighted by atomic mass is 16.5. The van der Waals surface area contributed by atoms with Crippen LogP contribution in [0.5, 0.6) is 5.75 Å². The Bertz CT molecular complexity index is 753. The quantitative estimate of drug-likeness (QED) is 0.738. The molecule has 0 saturated heterocycles. The van der Waals surface area contributed by atoms with Crippen LogP contribution >= 0.6 is 0 Å². The van der Waals surface area contributed by atoms with Crippen molar-refractivity contribution in [3.05, 3.63) is 64.7 Å². The Labute approximate surface area is 154 Å². The van der Waals surface area contributed by atoms with E-state index in [1.807, 2.05) is 6.07 Å². The second-order valence-corrected chi connectivity index (χ2v) is 5.97. The number of carbonyl (C=O) groups excluding carboxylic acids is 2. The molecule has 1 N–H and O–H groups in total. The predicted octanol–water partition coefficient (Wildman–Crippen LogP) is 3.29. The standard InChI is InChI=1S/C21H25NO4/c1-4-15-5-7-16(8-6-15)10-12-20(23)22-14-17-9-11-19(25-2)18(13-17)21(24)26-3/h5-9,11,13H,4,10,12,14H2,1-3H3,(H,22,23). The van der Waals surface area contributed by atoms with Gasteiger partial charge < -0.3 is 14.8 Å². The van der Waals surface area contributed by atoms with Gasteiger partial charge in [-0.25, -0.2) is 4.79 Å². The highest BCUT2D eigenvalue weighted by Gasteiger charge is 2.13. The molecular weight excluding hydrogens is 330 g/mol. The Morgan fingerprint density at radius 1 is 0.962 bits per heavy atom. The average molecular weight is 355 g/mol. The van der Waals surface area contributed by atoms with Crippen molar-refractivity contribution in [1.82, 2.24) is 5.32 Å². The molecule has 0 aliphatic heterocycles. The molecule has 138 valence electrons.